The van der Waals surface area contributed by atoms with Crippen LogP contribution in [0, 0.1) is 0 Å². The molecule has 0 saturated carbocycles. The van der Waals surface area contributed by atoms with E-state index in [-0.39, 0.29) is 36.1 Å². The zero-order valence-electron chi connectivity index (χ0n) is 15.4. The summed E-state index contributed by atoms with van der Waals surface area (Å²) in [5.41, 5.74) is -0.480. The first-order valence-electron chi connectivity index (χ1n) is 8.30. The standard InChI is InChI=1S/C16H28N6O2.HI/c1-16(2,3)24-15(23)20-13-6-10-21(12-13)14(17-4)18-8-11-22-9-5-7-19-22;/h5,7,9,13H,6,8,10-12H2,1-4H3,(H,17,18)(H,20,23);1H. The molecule has 1 aliphatic rings. The number of hydrogen-bond donors (Lipinski definition) is 2. The number of carbonyl (C=O) groups excluding carboxylic acids is 1. The van der Waals surface area contributed by atoms with E-state index in [0.29, 0.717) is 0 Å². The molecule has 0 aromatic carbocycles. The number of likely N-dealkylation sites (tertiary alicyclic amines) is 1. The molecule has 0 bridgehead atoms. The maximum Gasteiger partial charge on any atom is 0.407 e. The smallest absolute Gasteiger partial charge is 0.407 e. The van der Waals surface area contributed by atoms with Crippen molar-refractivity contribution < 1.29 is 9.53 Å². The lowest BCUT2D eigenvalue weighted by Crippen LogP contribution is -2.44. The molecule has 1 amide bonds. The topological polar surface area (TPSA) is 83.8 Å². The molecule has 0 aliphatic carbocycles. The molecule has 0 spiro atoms. The number of guanidine groups is 1. The van der Waals surface area contributed by atoms with Crippen LogP contribution in [0.3, 0.4) is 0 Å². The molecule has 1 aromatic rings. The lowest BCUT2D eigenvalue weighted by Gasteiger charge is -2.23. The van der Waals surface area contributed by atoms with Crippen molar-refractivity contribution >= 4 is 36.0 Å². The normalized spacial score (nSPS) is 17.8. The molecule has 2 heterocycles. The Morgan fingerprint density at radius 1 is 1.44 bits per heavy atom. The van der Waals surface area contributed by atoms with Gasteiger partial charge in [0.2, 0.25) is 0 Å². The summed E-state index contributed by atoms with van der Waals surface area (Å²) in [6, 6.07) is 1.98. The average molecular weight is 464 g/mol. The minimum atomic E-state index is -0.480. The van der Waals surface area contributed by atoms with Crippen molar-refractivity contribution in [1.82, 2.24) is 25.3 Å². The van der Waals surface area contributed by atoms with Crippen LogP contribution in [-0.2, 0) is 11.3 Å². The molecule has 2 N–H and O–H groups in total. The first-order valence-corrected chi connectivity index (χ1v) is 8.30. The Kier molecular flexibility index (Phi) is 8.46. The van der Waals surface area contributed by atoms with Crippen LogP contribution in [-0.4, -0.2) is 65.1 Å². The zero-order chi connectivity index (χ0) is 17.6. The Labute approximate surface area is 166 Å². The molecular formula is C16H29IN6O2. The third-order valence-corrected chi connectivity index (χ3v) is 3.60. The first-order chi connectivity index (χ1) is 11.4. The van der Waals surface area contributed by atoms with E-state index in [0.717, 1.165) is 38.6 Å². The second kappa shape index (κ2) is 9.83. The van der Waals surface area contributed by atoms with E-state index in [1.165, 1.54) is 0 Å². The number of carbonyl (C=O) groups is 1. The van der Waals surface area contributed by atoms with E-state index in [2.05, 4.69) is 25.6 Å². The monoisotopic (exact) mass is 464 g/mol. The maximum atomic E-state index is 11.9. The lowest BCUT2D eigenvalue weighted by atomic mass is 10.2. The van der Waals surface area contributed by atoms with Crippen LogP contribution in [0.25, 0.3) is 0 Å². The minimum absolute atomic E-state index is 0. The van der Waals surface area contributed by atoms with Gasteiger partial charge >= 0.3 is 6.09 Å². The third kappa shape index (κ3) is 7.49. The summed E-state index contributed by atoms with van der Waals surface area (Å²) in [6.07, 6.45) is 4.21. The molecule has 1 fully saturated rings. The molecule has 9 heteroatoms. The van der Waals surface area contributed by atoms with E-state index in [4.69, 9.17) is 4.74 Å². The summed E-state index contributed by atoms with van der Waals surface area (Å²) in [6.45, 7) is 8.67. The molecule has 1 atom stereocenters. The number of halogens is 1. The third-order valence-electron chi connectivity index (χ3n) is 3.60. The van der Waals surface area contributed by atoms with Crippen molar-refractivity contribution in [3.8, 4) is 0 Å². The number of aliphatic imine (C=N–C) groups is 1. The van der Waals surface area contributed by atoms with Gasteiger partial charge in [-0.3, -0.25) is 9.67 Å². The Bertz CT molecular complexity index is 555. The van der Waals surface area contributed by atoms with Gasteiger partial charge in [0.1, 0.15) is 5.60 Å². The minimum Gasteiger partial charge on any atom is -0.444 e. The van der Waals surface area contributed by atoms with Crippen molar-refractivity contribution in [2.75, 3.05) is 26.7 Å². The molecule has 25 heavy (non-hydrogen) atoms. The molecule has 0 radical (unpaired) electrons. The molecule has 8 nitrogen and oxygen atoms in total. The van der Waals surface area contributed by atoms with E-state index in [1.807, 2.05) is 37.7 Å². The Morgan fingerprint density at radius 2 is 2.20 bits per heavy atom. The molecule has 1 aliphatic heterocycles. The van der Waals surface area contributed by atoms with Crippen molar-refractivity contribution in [3.63, 3.8) is 0 Å². The fraction of sp³-hybridized carbons (Fsp3) is 0.688. The summed E-state index contributed by atoms with van der Waals surface area (Å²) >= 11 is 0. The molecule has 1 aromatic heterocycles. The fourth-order valence-electron chi connectivity index (χ4n) is 2.59. The van der Waals surface area contributed by atoms with Gasteiger partial charge in [0.25, 0.3) is 0 Å². The van der Waals surface area contributed by atoms with Crippen LogP contribution in [0.1, 0.15) is 27.2 Å². The van der Waals surface area contributed by atoms with Gasteiger partial charge < -0.3 is 20.3 Å². The van der Waals surface area contributed by atoms with E-state index < -0.39 is 5.60 Å². The Hall–Kier alpha value is -1.52. The highest BCUT2D eigenvalue weighted by Crippen LogP contribution is 2.11. The van der Waals surface area contributed by atoms with Gasteiger partial charge in [-0.25, -0.2) is 4.79 Å². The van der Waals surface area contributed by atoms with Crippen molar-refractivity contribution in [2.45, 2.75) is 45.4 Å². The van der Waals surface area contributed by atoms with Crippen LogP contribution < -0.4 is 10.6 Å². The predicted molar refractivity (Wildman–Crippen MR) is 108 cm³/mol. The predicted octanol–water partition coefficient (Wildman–Crippen LogP) is 1.68. The number of rotatable bonds is 4. The number of ether oxygens (including phenoxy) is 1. The molecule has 2 rings (SSSR count). The van der Waals surface area contributed by atoms with Crippen molar-refractivity contribution in [2.24, 2.45) is 4.99 Å². The van der Waals surface area contributed by atoms with Crippen LogP contribution in [0.2, 0.25) is 0 Å². The Balaban J connectivity index is 0.00000312. The fourth-order valence-corrected chi connectivity index (χ4v) is 2.59. The van der Waals surface area contributed by atoms with Gasteiger partial charge in [-0.05, 0) is 33.3 Å². The number of aromatic nitrogens is 2. The number of nitrogens with one attached hydrogen (secondary N) is 2. The Morgan fingerprint density at radius 3 is 2.80 bits per heavy atom. The van der Waals surface area contributed by atoms with E-state index in [1.54, 1.807) is 13.2 Å². The van der Waals surface area contributed by atoms with Gasteiger partial charge in [-0.2, -0.15) is 5.10 Å². The summed E-state index contributed by atoms with van der Waals surface area (Å²) in [5.74, 6) is 0.843. The number of nitrogens with zero attached hydrogens (tertiary/aromatic N) is 4. The van der Waals surface area contributed by atoms with Gasteiger partial charge in [-0.1, -0.05) is 0 Å². The van der Waals surface area contributed by atoms with Gasteiger partial charge in [0, 0.05) is 39.1 Å². The average Bonchev–Trinajstić information content (AvgIpc) is 3.13. The highest BCUT2D eigenvalue weighted by molar-refractivity contribution is 14.0. The second-order valence-electron chi connectivity index (χ2n) is 6.82. The molecular weight excluding hydrogens is 435 g/mol. The summed E-state index contributed by atoms with van der Waals surface area (Å²) < 4.78 is 7.18. The van der Waals surface area contributed by atoms with Crippen LogP contribution in [0.15, 0.2) is 23.5 Å². The summed E-state index contributed by atoms with van der Waals surface area (Å²) in [7, 11) is 1.77. The molecule has 142 valence electrons. The van der Waals surface area contributed by atoms with E-state index in [9.17, 15) is 4.79 Å². The largest absolute Gasteiger partial charge is 0.444 e. The SMILES string of the molecule is CN=C(NCCn1cccn1)N1CCC(NC(=O)OC(C)(C)C)C1.I. The summed E-state index contributed by atoms with van der Waals surface area (Å²) in [4.78, 5) is 18.3. The van der Waals surface area contributed by atoms with Gasteiger partial charge in [-0.15, -0.1) is 24.0 Å². The zero-order valence-corrected chi connectivity index (χ0v) is 17.7. The van der Waals surface area contributed by atoms with Gasteiger partial charge in [0.15, 0.2) is 5.96 Å². The van der Waals surface area contributed by atoms with Crippen molar-refractivity contribution in [3.05, 3.63) is 18.5 Å². The first kappa shape index (κ1) is 21.5. The summed E-state index contributed by atoms with van der Waals surface area (Å²) in [5, 5.41) is 10.4. The van der Waals surface area contributed by atoms with Gasteiger partial charge in [0.05, 0.1) is 12.6 Å². The van der Waals surface area contributed by atoms with Crippen LogP contribution in [0.5, 0.6) is 0 Å². The maximum absolute atomic E-state index is 11.9. The number of hydrogen-bond acceptors (Lipinski definition) is 4. The van der Waals surface area contributed by atoms with E-state index >= 15 is 0 Å². The van der Waals surface area contributed by atoms with Crippen molar-refractivity contribution in [1.29, 1.82) is 0 Å². The quantitative estimate of drug-likeness (QED) is 0.403. The highest BCUT2D eigenvalue weighted by Gasteiger charge is 2.27. The second-order valence-corrected chi connectivity index (χ2v) is 6.82. The lowest BCUT2D eigenvalue weighted by molar-refractivity contribution is 0.0507. The van der Waals surface area contributed by atoms with Crippen LogP contribution >= 0.6 is 24.0 Å². The number of alkyl carbamates (subject to hydrolysis) is 1. The van der Waals surface area contributed by atoms with Crippen LogP contribution in [0.4, 0.5) is 4.79 Å². The highest BCUT2D eigenvalue weighted by atomic mass is 127. The number of amides is 1. The molecule has 1 saturated heterocycles. The molecule has 1 unspecified atom stereocenters.